The van der Waals surface area contributed by atoms with E-state index in [0.29, 0.717) is 21.5 Å². The average molecular weight is 784 g/mol. The zero-order valence-electron chi connectivity index (χ0n) is 25.8. The smallest absolute Gasteiger partial charge is 0.355 e. The Balaban J connectivity index is 1.51. The first-order valence-corrected chi connectivity index (χ1v) is 17.5. The van der Waals surface area contributed by atoms with E-state index in [1.165, 1.54) is 29.0 Å². The summed E-state index contributed by atoms with van der Waals surface area (Å²) in [5.74, 6) is -1.53. The summed E-state index contributed by atoms with van der Waals surface area (Å²) in [7, 11) is 1.56. The molecule has 0 radical (unpaired) electrons. The van der Waals surface area contributed by atoms with Crippen molar-refractivity contribution in [2.75, 3.05) is 23.0 Å². The van der Waals surface area contributed by atoms with Gasteiger partial charge in [-0.05, 0) is 51.0 Å². The SMILES string of the molecule is COc1ccc(COC(=O)C2=C(/C=C/CI)CSC3[C@H](NC(=O)/C(=N\O[C@@H](C)C(=O)OC(C)(C)C)c4csc(N)n4)C(=O)N23)cc1. The summed E-state index contributed by atoms with van der Waals surface area (Å²) in [6, 6.07) is 6.10. The average Bonchev–Trinajstić information content (AvgIpc) is 3.45. The Morgan fingerprint density at radius 2 is 1.98 bits per heavy atom. The number of nitrogen functional groups attached to an aromatic ring is 1. The largest absolute Gasteiger partial charge is 0.497 e. The Morgan fingerprint density at radius 3 is 2.59 bits per heavy atom. The number of allylic oxidation sites excluding steroid dienone is 2. The highest BCUT2D eigenvalue weighted by Gasteiger charge is 2.54. The van der Waals surface area contributed by atoms with Gasteiger partial charge in [-0.15, -0.1) is 23.1 Å². The molecule has 13 nitrogen and oxygen atoms in total. The normalized spacial score (nSPS) is 18.9. The van der Waals surface area contributed by atoms with Crippen LogP contribution in [0.2, 0.25) is 0 Å². The van der Waals surface area contributed by atoms with Gasteiger partial charge in [0, 0.05) is 15.6 Å². The van der Waals surface area contributed by atoms with Gasteiger partial charge >= 0.3 is 11.9 Å². The van der Waals surface area contributed by atoms with Gasteiger partial charge in [0.25, 0.3) is 11.8 Å². The standard InChI is InChI=1S/C30H34IN5O8S2/c1-16(27(39)43-30(2,3)4)44-35-21(20-15-46-29(32)33-20)24(37)34-22-25(38)36-23(18(7-6-12-31)14-45-26(22)36)28(40)42-13-17-8-10-19(41-5)11-9-17/h6-11,15-16,22,26H,12-14H2,1-5H3,(H2,32,33)(H,34,37)/b7-6+,35-21-/t16-,22+,26?/m0/s1. The molecule has 3 heterocycles. The van der Waals surface area contributed by atoms with Crippen molar-refractivity contribution in [3.8, 4) is 5.75 Å². The first-order valence-electron chi connectivity index (χ1n) is 14.0. The quantitative estimate of drug-likeness (QED) is 0.0806. The first-order chi connectivity index (χ1) is 21.8. The van der Waals surface area contributed by atoms with E-state index in [4.69, 9.17) is 24.8 Å². The molecule has 1 aromatic heterocycles. The van der Waals surface area contributed by atoms with Gasteiger partial charge in [-0.1, -0.05) is 52.0 Å². The van der Waals surface area contributed by atoms with Gasteiger partial charge in [0.15, 0.2) is 10.8 Å². The summed E-state index contributed by atoms with van der Waals surface area (Å²) in [5, 5.41) is 7.70. The number of thioether (sulfide) groups is 1. The number of ether oxygens (including phenoxy) is 3. The maximum Gasteiger partial charge on any atom is 0.355 e. The van der Waals surface area contributed by atoms with Crippen molar-refractivity contribution in [3.63, 3.8) is 0 Å². The molecule has 46 heavy (non-hydrogen) atoms. The van der Waals surface area contributed by atoms with E-state index in [2.05, 4.69) is 38.0 Å². The lowest BCUT2D eigenvalue weighted by molar-refractivity contribution is -0.167. The van der Waals surface area contributed by atoms with Crippen LogP contribution in [0.4, 0.5) is 5.13 Å². The van der Waals surface area contributed by atoms with Crippen molar-refractivity contribution in [2.45, 2.75) is 57.4 Å². The molecular formula is C30H34IN5O8S2. The summed E-state index contributed by atoms with van der Waals surface area (Å²) in [5.41, 5.74) is 6.37. The number of oxime groups is 1. The van der Waals surface area contributed by atoms with E-state index in [9.17, 15) is 19.2 Å². The maximum absolute atomic E-state index is 13.5. The van der Waals surface area contributed by atoms with Crippen LogP contribution in [0.15, 0.2) is 58.2 Å². The van der Waals surface area contributed by atoms with Gasteiger partial charge in [-0.25, -0.2) is 14.6 Å². The number of halogens is 1. The Bertz CT molecular complexity index is 1570. The van der Waals surface area contributed by atoms with Crippen molar-refractivity contribution < 1.29 is 38.2 Å². The number of hydrogen-bond acceptors (Lipinski definition) is 13. The highest BCUT2D eigenvalue weighted by molar-refractivity contribution is 14.1. The lowest BCUT2D eigenvalue weighted by atomic mass is 10.0. The Labute approximate surface area is 288 Å². The number of nitrogens with one attached hydrogen (secondary N) is 1. The molecule has 2 aliphatic rings. The molecule has 0 aliphatic carbocycles. The summed E-state index contributed by atoms with van der Waals surface area (Å²) in [6.45, 7) is 6.56. The van der Waals surface area contributed by atoms with Gasteiger partial charge in [0.1, 0.15) is 40.8 Å². The van der Waals surface area contributed by atoms with E-state index in [0.717, 1.165) is 16.9 Å². The third-order valence-corrected chi connectivity index (χ3v) is 8.92. The summed E-state index contributed by atoms with van der Waals surface area (Å²) >= 11 is 4.66. The molecule has 16 heteroatoms. The molecule has 0 saturated carbocycles. The number of anilines is 1. The highest BCUT2D eigenvalue weighted by atomic mass is 127. The Hall–Kier alpha value is -3.64. The number of thiazole rings is 1. The van der Waals surface area contributed by atoms with Crippen LogP contribution in [0.25, 0.3) is 0 Å². The number of methoxy groups -OCH3 is 1. The van der Waals surface area contributed by atoms with Crippen LogP contribution in [-0.2, 0) is 40.1 Å². The molecular weight excluding hydrogens is 749 g/mol. The minimum Gasteiger partial charge on any atom is -0.497 e. The molecule has 0 bridgehead atoms. The van der Waals surface area contributed by atoms with Crippen molar-refractivity contribution in [1.82, 2.24) is 15.2 Å². The zero-order chi connectivity index (χ0) is 33.6. The number of aromatic nitrogens is 1. The number of carbonyl (C=O) groups is 4. The fourth-order valence-corrected chi connectivity index (χ4v) is 6.38. The van der Waals surface area contributed by atoms with Gasteiger partial charge < -0.3 is 30.1 Å². The number of amides is 2. The number of fused-ring (bicyclic) bond motifs is 1. The van der Waals surface area contributed by atoms with Crippen LogP contribution >= 0.6 is 45.7 Å². The Morgan fingerprint density at radius 1 is 1.26 bits per heavy atom. The van der Waals surface area contributed by atoms with Crippen LogP contribution in [0, 0.1) is 0 Å². The van der Waals surface area contributed by atoms with E-state index in [-0.39, 0.29) is 28.8 Å². The molecule has 4 rings (SSSR count). The molecule has 0 spiro atoms. The predicted molar refractivity (Wildman–Crippen MR) is 182 cm³/mol. The first kappa shape index (κ1) is 35.2. The lowest BCUT2D eigenvalue weighted by Crippen LogP contribution is -2.71. The van der Waals surface area contributed by atoms with Crippen LogP contribution in [0.1, 0.15) is 39.0 Å². The summed E-state index contributed by atoms with van der Waals surface area (Å²) in [4.78, 5) is 63.6. The summed E-state index contributed by atoms with van der Waals surface area (Å²) in [6.07, 6.45) is 2.55. The van der Waals surface area contributed by atoms with Gasteiger partial charge in [0.2, 0.25) is 6.10 Å². The minimum atomic E-state index is -1.14. The van der Waals surface area contributed by atoms with Crippen LogP contribution in [0.5, 0.6) is 5.75 Å². The van der Waals surface area contributed by atoms with E-state index in [1.807, 2.05) is 6.08 Å². The monoisotopic (exact) mass is 783 g/mol. The molecule has 1 fully saturated rings. The molecule has 3 N–H and O–H groups in total. The van der Waals surface area contributed by atoms with E-state index < -0.39 is 46.9 Å². The molecule has 2 amide bonds. The highest BCUT2D eigenvalue weighted by Crippen LogP contribution is 2.41. The second-order valence-corrected chi connectivity index (χ2v) is 13.9. The van der Waals surface area contributed by atoms with Gasteiger partial charge in [-0.2, -0.15) is 0 Å². The minimum absolute atomic E-state index is 0.00603. The van der Waals surface area contributed by atoms with Crippen molar-refractivity contribution >= 4 is 80.3 Å². The lowest BCUT2D eigenvalue weighted by Gasteiger charge is -2.49. The number of alkyl halides is 1. The van der Waals surface area contributed by atoms with Crippen LogP contribution in [0.3, 0.4) is 0 Å². The molecule has 2 aromatic rings. The zero-order valence-corrected chi connectivity index (χ0v) is 29.6. The molecule has 1 unspecified atom stereocenters. The Kier molecular flexibility index (Phi) is 11.7. The molecule has 246 valence electrons. The molecule has 1 aromatic carbocycles. The van der Waals surface area contributed by atoms with E-state index in [1.54, 1.807) is 58.2 Å². The predicted octanol–water partition coefficient (Wildman–Crippen LogP) is 3.57. The van der Waals surface area contributed by atoms with Gasteiger partial charge in [-0.3, -0.25) is 14.5 Å². The van der Waals surface area contributed by atoms with Gasteiger partial charge in [0.05, 0.1) is 7.11 Å². The molecule has 2 aliphatic heterocycles. The number of benzene rings is 1. The maximum atomic E-state index is 13.5. The van der Waals surface area contributed by atoms with Crippen LogP contribution < -0.4 is 15.8 Å². The second kappa shape index (κ2) is 15.3. The number of esters is 2. The number of nitrogens with two attached hydrogens (primary N) is 1. The van der Waals surface area contributed by atoms with Crippen molar-refractivity contribution in [1.29, 1.82) is 0 Å². The molecule has 3 atom stereocenters. The number of hydrogen-bond donors (Lipinski definition) is 2. The third-order valence-electron chi connectivity index (χ3n) is 6.44. The van der Waals surface area contributed by atoms with Crippen LogP contribution in [-0.4, -0.2) is 79.8 Å². The van der Waals surface area contributed by atoms with E-state index >= 15 is 0 Å². The third kappa shape index (κ3) is 8.58. The fraction of sp³-hybridized carbons (Fsp3) is 0.400. The van der Waals surface area contributed by atoms with Crippen molar-refractivity contribution in [3.05, 3.63) is 64.3 Å². The number of carbonyl (C=O) groups excluding carboxylic acids is 4. The molecule has 1 saturated heterocycles. The second-order valence-electron chi connectivity index (χ2n) is 11.0. The number of β-lactam (4-membered cyclic amide) rings is 1. The van der Waals surface area contributed by atoms with Crippen molar-refractivity contribution in [2.24, 2.45) is 5.16 Å². The topological polar surface area (TPSA) is 172 Å². The number of nitrogens with zero attached hydrogens (tertiary/aromatic N) is 3. The number of rotatable bonds is 12. The fourth-order valence-electron chi connectivity index (χ4n) is 4.26. The summed E-state index contributed by atoms with van der Waals surface area (Å²) < 4.78 is 16.8.